The van der Waals surface area contributed by atoms with E-state index in [1.165, 1.54) is 7.11 Å². The predicted molar refractivity (Wildman–Crippen MR) is 94.2 cm³/mol. The maximum absolute atomic E-state index is 12.7. The number of benzene rings is 1. The molecule has 8 heteroatoms. The third kappa shape index (κ3) is 3.01. The molecule has 1 fully saturated rings. The Bertz CT molecular complexity index is 939. The molecule has 0 saturated carbocycles. The molecule has 132 valence electrons. The zero-order valence-corrected chi connectivity index (χ0v) is 14.7. The first-order chi connectivity index (χ1) is 12.7. The Hall–Kier alpha value is -2.93. The lowest BCUT2D eigenvalue weighted by Crippen LogP contribution is -2.48. The van der Waals surface area contributed by atoms with Crippen LogP contribution in [0.4, 0.5) is 0 Å². The Labute approximate surface area is 154 Å². The van der Waals surface area contributed by atoms with Crippen LogP contribution < -0.4 is 4.74 Å². The summed E-state index contributed by atoms with van der Waals surface area (Å²) in [5.41, 5.74) is 1.09. The summed E-state index contributed by atoms with van der Waals surface area (Å²) in [5, 5.41) is 4.46. The second kappa shape index (κ2) is 6.76. The number of amides is 1. The molecule has 4 rings (SSSR count). The molecule has 7 nitrogen and oxygen atoms in total. The number of nitrogens with zero attached hydrogens (tertiary/aromatic N) is 4. The Morgan fingerprint density at radius 2 is 2.15 bits per heavy atom. The first kappa shape index (κ1) is 16.5. The first-order valence-electron chi connectivity index (χ1n) is 8.03. The number of ether oxygens (including phenoxy) is 1. The molecule has 0 atom stereocenters. The fraction of sp³-hybridized carbons (Fsp3) is 0.222. The normalized spacial score (nSPS) is 14.2. The van der Waals surface area contributed by atoms with Gasteiger partial charge in [0.05, 0.1) is 18.6 Å². The summed E-state index contributed by atoms with van der Waals surface area (Å²) in [6.45, 7) is 0.997. The van der Waals surface area contributed by atoms with Crippen LogP contribution in [0.15, 0.2) is 47.1 Å². The van der Waals surface area contributed by atoms with E-state index in [-0.39, 0.29) is 11.8 Å². The van der Waals surface area contributed by atoms with Gasteiger partial charge in [0.15, 0.2) is 0 Å². The van der Waals surface area contributed by atoms with Gasteiger partial charge in [0, 0.05) is 24.3 Å². The maximum atomic E-state index is 12.7. The van der Waals surface area contributed by atoms with Gasteiger partial charge in [-0.15, -0.1) is 0 Å². The third-order valence-electron chi connectivity index (χ3n) is 4.25. The van der Waals surface area contributed by atoms with Crippen molar-refractivity contribution in [2.75, 3.05) is 20.2 Å². The SMILES string of the molecule is COc1ccc(Cl)cc1C(=O)N1CC(c2nc(-c3ccccn3)no2)C1. The molecule has 0 aliphatic carbocycles. The molecule has 0 N–H and O–H groups in total. The maximum Gasteiger partial charge on any atom is 0.257 e. The number of carbonyl (C=O) groups excluding carboxylic acids is 1. The summed E-state index contributed by atoms with van der Waals surface area (Å²) in [6, 6.07) is 10.5. The van der Waals surface area contributed by atoms with Crippen LogP contribution in [0.25, 0.3) is 11.5 Å². The molecule has 1 aliphatic rings. The van der Waals surface area contributed by atoms with Crippen LogP contribution in [0.5, 0.6) is 5.75 Å². The highest BCUT2D eigenvalue weighted by molar-refractivity contribution is 6.31. The topological polar surface area (TPSA) is 81.4 Å². The highest BCUT2D eigenvalue weighted by Crippen LogP contribution is 2.31. The zero-order valence-electron chi connectivity index (χ0n) is 13.9. The van der Waals surface area contributed by atoms with Gasteiger partial charge < -0.3 is 14.2 Å². The van der Waals surface area contributed by atoms with Crippen LogP contribution in [-0.4, -0.2) is 46.1 Å². The lowest BCUT2D eigenvalue weighted by atomic mass is 9.98. The molecular formula is C18H15ClN4O3. The minimum absolute atomic E-state index is 0.00842. The number of likely N-dealkylation sites (tertiary alicyclic amines) is 1. The average Bonchev–Trinajstić information content (AvgIpc) is 3.10. The summed E-state index contributed by atoms with van der Waals surface area (Å²) in [4.78, 5) is 23.0. The number of methoxy groups -OCH3 is 1. The molecule has 0 unspecified atom stereocenters. The average molecular weight is 371 g/mol. The minimum Gasteiger partial charge on any atom is -0.496 e. The molecule has 1 aromatic carbocycles. The lowest BCUT2D eigenvalue weighted by molar-refractivity contribution is 0.0566. The van der Waals surface area contributed by atoms with E-state index in [2.05, 4.69) is 15.1 Å². The quantitative estimate of drug-likeness (QED) is 0.702. The Morgan fingerprint density at radius 3 is 2.88 bits per heavy atom. The second-order valence-corrected chi connectivity index (χ2v) is 6.36. The molecule has 2 aromatic heterocycles. The first-order valence-corrected chi connectivity index (χ1v) is 8.41. The number of halogens is 1. The fourth-order valence-corrected chi connectivity index (χ4v) is 2.99. The molecule has 0 bridgehead atoms. The van der Waals surface area contributed by atoms with Crippen molar-refractivity contribution in [1.82, 2.24) is 20.0 Å². The monoisotopic (exact) mass is 370 g/mol. The smallest absolute Gasteiger partial charge is 0.257 e. The highest BCUT2D eigenvalue weighted by Gasteiger charge is 2.37. The van der Waals surface area contributed by atoms with Crippen molar-refractivity contribution < 1.29 is 14.1 Å². The number of hydrogen-bond donors (Lipinski definition) is 0. The predicted octanol–water partition coefficient (Wildman–Crippen LogP) is 3.03. The molecule has 1 amide bonds. The van der Waals surface area contributed by atoms with E-state index in [9.17, 15) is 4.79 Å². The van der Waals surface area contributed by atoms with Crippen LogP contribution in [0.1, 0.15) is 22.2 Å². The van der Waals surface area contributed by atoms with Gasteiger partial charge in [0.25, 0.3) is 5.91 Å². The van der Waals surface area contributed by atoms with Crippen molar-refractivity contribution in [1.29, 1.82) is 0 Å². The second-order valence-electron chi connectivity index (χ2n) is 5.92. The van der Waals surface area contributed by atoms with Gasteiger partial charge >= 0.3 is 0 Å². The van der Waals surface area contributed by atoms with Gasteiger partial charge in [0.2, 0.25) is 11.7 Å². The molecule has 0 spiro atoms. The molecule has 3 aromatic rings. The van der Waals surface area contributed by atoms with Gasteiger partial charge in [-0.3, -0.25) is 9.78 Å². The highest BCUT2D eigenvalue weighted by atomic mass is 35.5. The molecule has 1 saturated heterocycles. The van der Waals surface area contributed by atoms with Crippen molar-refractivity contribution in [3.63, 3.8) is 0 Å². The van der Waals surface area contributed by atoms with Crippen molar-refractivity contribution in [3.05, 3.63) is 59.1 Å². The fourth-order valence-electron chi connectivity index (χ4n) is 2.82. The van der Waals surface area contributed by atoms with E-state index < -0.39 is 0 Å². The summed E-state index contributed by atoms with van der Waals surface area (Å²) in [7, 11) is 1.52. The van der Waals surface area contributed by atoms with Crippen molar-refractivity contribution in [2.45, 2.75) is 5.92 Å². The zero-order chi connectivity index (χ0) is 18.1. The molecular weight excluding hydrogens is 356 g/mol. The van der Waals surface area contributed by atoms with Gasteiger partial charge in [-0.05, 0) is 30.3 Å². The van der Waals surface area contributed by atoms with Gasteiger partial charge in [0.1, 0.15) is 11.4 Å². The minimum atomic E-state index is -0.134. The summed E-state index contributed by atoms with van der Waals surface area (Å²) in [5.74, 6) is 1.33. The van der Waals surface area contributed by atoms with E-state index in [0.717, 1.165) is 0 Å². The van der Waals surface area contributed by atoms with E-state index in [1.54, 1.807) is 29.3 Å². The summed E-state index contributed by atoms with van der Waals surface area (Å²) < 4.78 is 10.6. The molecule has 26 heavy (non-hydrogen) atoms. The van der Waals surface area contributed by atoms with Crippen LogP contribution >= 0.6 is 11.6 Å². The largest absolute Gasteiger partial charge is 0.496 e. The van der Waals surface area contributed by atoms with Gasteiger partial charge in [-0.25, -0.2) is 0 Å². The van der Waals surface area contributed by atoms with Crippen LogP contribution in [0.2, 0.25) is 5.02 Å². The number of aromatic nitrogens is 3. The number of pyridine rings is 1. The standard InChI is InChI=1S/C18H15ClN4O3/c1-25-15-6-5-12(19)8-13(15)18(24)23-9-11(10-23)17-21-16(22-26-17)14-4-2-3-7-20-14/h2-8,11H,9-10H2,1H3. The number of hydrogen-bond acceptors (Lipinski definition) is 6. The molecule has 3 heterocycles. The lowest BCUT2D eigenvalue weighted by Gasteiger charge is -2.37. The van der Waals surface area contributed by atoms with Crippen molar-refractivity contribution in [3.8, 4) is 17.3 Å². The van der Waals surface area contributed by atoms with Gasteiger partial charge in [-0.2, -0.15) is 4.98 Å². The molecule has 1 aliphatic heterocycles. The number of carbonyl (C=O) groups is 1. The van der Waals surface area contributed by atoms with Crippen molar-refractivity contribution >= 4 is 17.5 Å². The van der Waals surface area contributed by atoms with E-state index >= 15 is 0 Å². The van der Waals surface area contributed by atoms with Gasteiger partial charge in [-0.1, -0.05) is 22.8 Å². The van der Waals surface area contributed by atoms with Crippen molar-refractivity contribution in [2.24, 2.45) is 0 Å². The van der Waals surface area contributed by atoms with Crippen LogP contribution in [0, 0.1) is 0 Å². The number of rotatable bonds is 4. The Morgan fingerprint density at radius 1 is 1.31 bits per heavy atom. The molecule has 0 radical (unpaired) electrons. The van der Waals surface area contributed by atoms with Crippen LogP contribution in [0.3, 0.4) is 0 Å². The van der Waals surface area contributed by atoms with E-state index in [4.69, 9.17) is 20.9 Å². The third-order valence-corrected chi connectivity index (χ3v) is 4.48. The Kier molecular flexibility index (Phi) is 4.30. The van der Waals surface area contributed by atoms with E-state index in [1.807, 2.05) is 18.2 Å². The Balaban J connectivity index is 1.45. The summed E-state index contributed by atoms with van der Waals surface area (Å²) in [6.07, 6.45) is 1.67. The van der Waals surface area contributed by atoms with Crippen LogP contribution in [-0.2, 0) is 0 Å². The van der Waals surface area contributed by atoms with E-state index in [0.29, 0.717) is 46.8 Å². The summed E-state index contributed by atoms with van der Waals surface area (Å²) >= 11 is 6.00.